The quantitative estimate of drug-likeness (QED) is 0.745. The molecule has 1 aliphatic heterocycles. The van der Waals surface area contributed by atoms with Crippen LogP contribution in [0.4, 0.5) is 5.69 Å². The first-order valence-corrected chi connectivity index (χ1v) is 10.5. The molecule has 166 valence electrons. The van der Waals surface area contributed by atoms with Crippen molar-refractivity contribution in [3.05, 3.63) is 71.1 Å². The molecule has 0 saturated carbocycles. The first kappa shape index (κ1) is 21.7. The normalized spacial score (nSPS) is 21.4. The number of carboxylic acid groups (broad SMARTS) is 1. The van der Waals surface area contributed by atoms with Crippen molar-refractivity contribution in [2.24, 2.45) is 0 Å². The van der Waals surface area contributed by atoms with Crippen LogP contribution in [0.25, 0.3) is 0 Å². The number of ether oxygens (including phenoxy) is 1. The van der Waals surface area contributed by atoms with Crippen LogP contribution in [-0.4, -0.2) is 46.6 Å². The molecule has 8 nitrogen and oxygen atoms in total. The SMILES string of the molecule is Cc1cc(C)nc(O[C@H](C(=O)O)[C@@]2(C3=CCCC=C3)NCC(=O)N(C)c3ccccc32)n1. The number of aromatic nitrogens is 2. The third-order valence-corrected chi connectivity index (χ3v) is 5.84. The summed E-state index contributed by atoms with van der Waals surface area (Å²) in [6, 6.07) is 9.08. The molecule has 2 atom stereocenters. The number of benzene rings is 1. The number of nitrogens with one attached hydrogen (secondary N) is 1. The Morgan fingerprint density at radius 2 is 1.94 bits per heavy atom. The number of carbonyl (C=O) groups is 2. The van der Waals surface area contributed by atoms with Crippen molar-refractivity contribution >= 4 is 17.6 Å². The topological polar surface area (TPSA) is 105 Å². The maximum atomic E-state index is 12.8. The molecule has 32 heavy (non-hydrogen) atoms. The van der Waals surface area contributed by atoms with E-state index in [9.17, 15) is 14.7 Å². The van der Waals surface area contributed by atoms with E-state index in [-0.39, 0.29) is 18.5 Å². The zero-order chi connectivity index (χ0) is 22.9. The van der Waals surface area contributed by atoms with E-state index in [1.165, 1.54) is 0 Å². The molecule has 0 spiro atoms. The number of hydrogen-bond acceptors (Lipinski definition) is 6. The lowest BCUT2D eigenvalue weighted by atomic mass is 9.75. The zero-order valence-corrected chi connectivity index (χ0v) is 18.3. The summed E-state index contributed by atoms with van der Waals surface area (Å²) in [5, 5.41) is 13.7. The molecule has 8 heteroatoms. The fourth-order valence-electron chi connectivity index (χ4n) is 4.39. The molecule has 0 fully saturated rings. The predicted octanol–water partition coefficient (Wildman–Crippen LogP) is 2.66. The molecule has 2 aromatic rings. The van der Waals surface area contributed by atoms with Crippen LogP contribution in [0.5, 0.6) is 6.01 Å². The molecule has 0 unspecified atom stereocenters. The number of amides is 1. The first-order valence-electron chi connectivity index (χ1n) is 10.5. The number of carboxylic acids is 1. The number of fused-ring (bicyclic) bond motifs is 1. The molecule has 0 radical (unpaired) electrons. The molecule has 2 heterocycles. The van der Waals surface area contributed by atoms with E-state index in [1.54, 1.807) is 31.9 Å². The minimum Gasteiger partial charge on any atom is -0.478 e. The van der Waals surface area contributed by atoms with Crippen molar-refractivity contribution in [1.82, 2.24) is 15.3 Å². The standard InChI is InChI=1S/C24H26N4O4/c1-15-13-16(2)27-23(26-15)32-21(22(30)31)24(17-9-5-4-6-10-17)18-11-7-8-12-19(18)28(3)20(29)14-25-24/h5,7-13,21,25H,4,6,14H2,1-3H3,(H,30,31)/t21-,24+/m1/s1. The fourth-order valence-corrected chi connectivity index (χ4v) is 4.39. The average molecular weight is 434 g/mol. The van der Waals surface area contributed by atoms with Crippen LogP contribution in [0.3, 0.4) is 0 Å². The number of likely N-dealkylation sites (N-methyl/N-ethyl adjacent to an activating group) is 1. The van der Waals surface area contributed by atoms with Crippen LogP contribution >= 0.6 is 0 Å². The number of nitrogens with zero attached hydrogens (tertiary/aromatic N) is 3. The smallest absolute Gasteiger partial charge is 0.347 e. The molecule has 2 N–H and O–H groups in total. The molecule has 1 aromatic heterocycles. The molecule has 4 rings (SSSR count). The van der Waals surface area contributed by atoms with Gasteiger partial charge in [-0.3, -0.25) is 10.1 Å². The van der Waals surface area contributed by atoms with Crippen molar-refractivity contribution in [2.45, 2.75) is 38.3 Å². The van der Waals surface area contributed by atoms with Gasteiger partial charge < -0.3 is 14.7 Å². The minimum atomic E-state index is -1.43. The van der Waals surface area contributed by atoms with E-state index < -0.39 is 17.6 Å². The first-order chi connectivity index (χ1) is 15.3. The van der Waals surface area contributed by atoms with Gasteiger partial charge in [0.2, 0.25) is 12.0 Å². The van der Waals surface area contributed by atoms with Gasteiger partial charge in [0.1, 0.15) is 5.54 Å². The van der Waals surface area contributed by atoms with Crippen LogP contribution in [0.1, 0.15) is 29.8 Å². The van der Waals surface area contributed by atoms with E-state index in [2.05, 4.69) is 15.3 Å². The molecule has 2 aliphatic rings. The zero-order valence-electron chi connectivity index (χ0n) is 18.3. The highest BCUT2D eigenvalue weighted by molar-refractivity contribution is 5.97. The van der Waals surface area contributed by atoms with Crippen molar-refractivity contribution in [2.75, 3.05) is 18.5 Å². The van der Waals surface area contributed by atoms with E-state index in [0.717, 1.165) is 18.4 Å². The summed E-state index contributed by atoms with van der Waals surface area (Å²) >= 11 is 0. The molecule has 0 saturated heterocycles. The maximum Gasteiger partial charge on any atom is 0.347 e. The van der Waals surface area contributed by atoms with Gasteiger partial charge in [0, 0.05) is 29.7 Å². The number of allylic oxidation sites excluding steroid dienone is 2. The number of anilines is 1. The largest absolute Gasteiger partial charge is 0.478 e. The Morgan fingerprint density at radius 3 is 2.59 bits per heavy atom. The van der Waals surface area contributed by atoms with E-state index in [0.29, 0.717) is 22.6 Å². The van der Waals surface area contributed by atoms with Crippen molar-refractivity contribution in [3.8, 4) is 6.01 Å². The summed E-state index contributed by atoms with van der Waals surface area (Å²) in [5.74, 6) is -1.36. The minimum absolute atomic E-state index is 0.0159. The number of hydrogen-bond donors (Lipinski definition) is 2. The molecule has 1 amide bonds. The van der Waals surface area contributed by atoms with Gasteiger partial charge in [0.05, 0.1) is 6.54 Å². The van der Waals surface area contributed by atoms with Crippen LogP contribution in [0.2, 0.25) is 0 Å². The third kappa shape index (κ3) is 3.78. The van der Waals surface area contributed by atoms with E-state index >= 15 is 0 Å². The molecule has 0 bridgehead atoms. The second-order valence-corrected chi connectivity index (χ2v) is 8.04. The highest BCUT2D eigenvalue weighted by Gasteiger charge is 2.52. The Hall–Kier alpha value is -3.52. The fraction of sp³-hybridized carbons (Fsp3) is 0.333. The Morgan fingerprint density at radius 1 is 1.22 bits per heavy atom. The summed E-state index contributed by atoms with van der Waals surface area (Å²) in [6.07, 6.45) is 6.10. The van der Waals surface area contributed by atoms with Gasteiger partial charge in [-0.15, -0.1) is 0 Å². The van der Waals surface area contributed by atoms with Crippen molar-refractivity contribution in [3.63, 3.8) is 0 Å². The van der Waals surface area contributed by atoms with Gasteiger partial charge in [0.25, 0.3) is 0 Å². The highest BCUT2D eigenvalue weighted by atomic mass is 16.5. The van der Waals surface area contributed by atoms with Gasteiger partial charge in [-0.1, -0.05) is 36.4 Å². The predicted molar refractivity (Wildman–Crippen MR) is 120 cm³/mol. The van der Waals surface area contributed by atoms with Crippen LogP contribution in [0, 0.1) is 13.8 Å². The average Bonchev–Trinajstić information content (AvgIpc) is 2.88. The maximum absolute atomic E-state index is 12.8. The summed E-state index contributed by atoms with van der Waals surface area (Å²) in [7, 11) is 1.69. The molecular formula is C24H26N4O4. The lowest BCUT2D eigenvalue weighted by Crippen LogP contribution is -2.59. The summed E-state index contributed by atoms with van der Waals surface area (Å²) in [5.41, 5.74) is 2.01. The second kappa shape index (κ2) is 8.55. The van der Waals surface area contributed by atoms with E-state index in [4.69, 9.17) is 4.74 Å². The Kier molecular flexibility index (Phi) is 5.80. The second-order valence-electron chi connectivity index (χ2n) is 8.04. The van der Waals surface area contributed by atoms with Gasteiger partial charge in [-0.05, 0) is 44.4 Å². The lowest BCUT2D eigenvalue weighted by Gasteiger charge is -2.40. The number of rotatable bonds is 5. The van der Waals surface area contributed by atoms with Crippen molar-refractivity contribution < 1.29 is 19.4 Å². The molecule has 1 aliphatic carbocycles. The van der Waals surface area contributed by atoms with Crippen LogP contribution in [0.15, 0.2) is 54.1 Å². The number of carbonyl (C=O) groups excluding carboxylic acids is 1. The van der Waals surface area contributed by atoms with Gasteiger partial charge in [-0.2, -0.15) is 0 Å². The molecule has 1 aromatic carbocycles. The number of aliphatic carboxylic acids is 1. The summed E-state index contributed by atoms with van der Waals surface area (Å²) in [6.45, 7) is 3.54. The monoisotopic (exact) mass is 434 g/mol. The Balaban J connectivity index is 1.96. The Labute approximate surface area is 186 Å². The van der Waals surface area contributed by atoms with Gasteiger partial charge >= 0.3 is 12.0 Å². The van der Waals surface area contributed by atoms with Crippen LogP contribution in [-0.2, 0) is 15.1 Å². The summed E-state index contributed by atoms with van der Waals surface area (Å²) < 4.78 is 6.03. The summed E-state index contributed by atoms with van der Waals surface area (Å²) in [4.78, 5) is 35.7. The number of aryl methyl sites for hydroxylation is 2. The number of para-hydroxylation sites is 1. The van der Waals surface area contributed by atoms with Gasteiger partial charge in [-0.25, -0.2) is 14.8 Å². The highest BCUT2D eigenvalue weighted by Crippen LogP contribution is 2.43. The Bertz CT molecular complexity index is 1110. The van der Waals surface area contributed by atoms with Crippen molar-refractivity contribution in [1.29, 1.82) is 0 Å². The molecular weight excluding hydrogens is 408 g/mol. The third-order valence-electron chi connectivity index (χ3n) is 5.84. The lowest BCUT2D eigenvalue weighted by molar-refractivity contribution is -0.149. The van der Waals surface area contributed by atoms with E-state index in [1.807, 2.05) is 42.5 Å². The van der Waals surface area contributed by atoms with Gasteiger partial charge in [0.15, 0.2) is 0 Å². The van der Waals surface area contributed by atoms with Crippen LogP contribution < -0.4 is 15.0 Å².